The summed E-state index contributed by atoms with van der Waals surface area (Å²) >= 11 is 0. The Kier molecular flexibility index (Phi) is 8.65. The molecule has 10 heteroatoms. The highest BCUT2D eigenvalue weighted by Crippen LogP contribution is 2.22. The van der Waals surface area contributed by atoms with Crippen LogP contribution in [-0.2, 0) is 19.6 Å². The summed E-state index contributed by atoms with van der Waals surface area (Å²) < 4.78 is 31.9. The van der Waals surface area contributed by atoms with Gasteiger partial charge in [-0.3, -0.25) is 14.5 Å². The van der Waals surface area contributed by atoms with Crippen molar-refractivity contribution >= 4 is 33.2 Å². The first-order valence-electron chi connectivity index (χ1n) is 11.3. The number of nitrogens with one attached hydrogen (secondary N) is 2. The molecule has 1 saturated heterocycles. The van der Waals surface area contributed by atoms with E-state index in [0.717, 1.165) is 12.8 Å². The van der Waals surface area contributed by atoms with Crippen molar-refractivity contribution in [2.75, 3.05) is 43.9 Å². The molecule has 1 atom stereocenters. The van der Waals surface area contributed by atoms with Crippen LogP contribution >= 0.6 is 0 Å². The van der Waals surface area contributed by atoms with Gasteiger partial charge in [-0.1, -0.05) is 6.92 Å². The van der Waals surface area contributed by atoms with Crippen molar-refractivity contribution in [3.05, 3.63) is 48.5 Å². The van der Waals surface area contributed by atoms with Gasteiger partial charge in [0.15, 0.2) is 0 Å². The van der Waals surface area contributed by atoms with E-state index in [1.54, 1.807) is 55.3 Å². The second-order valence-electron chi connectivity index (χ2n) is 8.14. The lowest BCUT2D eigenvalue weighted by Crippen LogP contribution is -2.45. The Morgan fingerprint density at radius 3 is 2.12 bits per heavy atom. The van der Waals surface area contributed by atoms with E-state index in [4.69, 9.17) is 4.74 Å². The van der Waals surface area contributed by atoms with Gasteiger partial charge in [0.2, 0.25) is 21.8 Å². The zero-order valence-electron chi connectivity index (χ0n) is 19.8. The number of likely N-dealkylation sites (N-methyl/N-ethyl adjacent to an activating group) is 1. The standard InChI is InChI=1S/C24H32N4O5S/c1-4-27(17-23(29)25-19-7-11-21(33-3)12-8-19)18(2)24(30)26-20-9-13-22(14-10-20)34(31,32)28-15-5-6-16-28/h7-14,18H,4-6,15-17H2,1-3H3,(H,25,29)(H,26,30). The Balaban J connectivity index is 1.56. The normalized spacial score (nSPS) is 15.2. The van der Waals surface area contributed by atoms with E-state index < -0.39 is 16.1 Å². The molecule has 0 aliphatic carbocycles. The summed E-state index contributed by atoms with van der Waals surface area (Å²) in [7, 11) is -1.93. The summed E-state index contributed by atoms with van der Waals surface area (Å²) in [5.41, 5.74) is 1.14. The van der Waals surface area contributed by atoms with Crippen molar-refractivity contribution in [2.24, 2.45) is 0 Å². The highest BCUT2D eigenvalue weighted by Gasteiger charge is 2.27. The predicted molar refractivity (Wildman–Crippen MR) is 131 cm³/mol. The van der Waals surface area contributed by atoms with Crippen LogP contribution in [0.5, 0.6) is 5.75 Å². The number of sulfonamides is 1. The Labute approximate surface area is 201 Å². The molecule has 2 aromatic carbocycles. The Bertz CT molecular complexity index is 1080. The van der Waals surface area contributed by atoms with Crippen LogP contribution in [0.2, 0.25) is 0 Å². The number of hydrogen-bond acceptors (Lipinski definition) is 6. The van der Waals surface area contributed by atoms with E-state index in [2.05, 4.69) is 10.6 Å². The zero-order valence-corrected chi connectivity index (χ0v) is 20.6. The van der Waals surface area contributed by atoms with Crippen molar-refractivity contribution in [1.82, 2.24) is 9.21 Å². The lowest BCUT2D eigenvalue weighted by Gasteiger charge is -2.26. The van der Waals surface area contributed by atoms with Gasteiger partial charge in [-0.2, -0.15) is 4.31 Å². The minimum absolute atomic E-state index is 0.0458. The average molecular weight is 489 g/mol. The van der Waals surface area contributed by atoms with Crippen LogP contribution in [0.3, 0.4) is 0 Å². The van der Waals surface area contributed by atoms with Gasteiger partial charge >= 0.3 is 0 Å². The molecule has 1 unspecified atom stereocenters. The third-order valence-electron chi connectivity index (χ3n) is 5.88. The second-order valence-corrected chi connectivity index (χ2v) is 10.1. The Hall–Kier alpha value is -2.95. The summed E-state index contributed by atoms with van der Waals surface area (Å²) in [6, 6.07) is 12.6. The molecule has 1 fully saturated rings. The van der Waals surface area contributed by atoms with E-state index in [9.17, 15) is 18.0 Å². The molecule has 0 radical (unpaired) electrons. The van der Waals surface area contributed by atoms with Gasteiger partial charge < -0.3 is 15.4 Å². The molecule has 2 N–H and O–H groups in total. The van der Waals surface area contributed by atoms with Gasteiger partial charge in [0.25, 0.3) is 0 Å². The van der Waals surface area contributed by atoms with Crippen molar-refractivity contribution < 1.29 is 22.7 Å². The zero-order chi connectivity index (χ0) is 24.7. The average Bonchev–Trinajstić information content (AvgIpc) is 3.39. The number of rotatable bonds is 10. The minimum Gasteiger partial charge on any atom is -0.497 e. The highest BCUT2D eigenvalue weighted by molar-refractivity contribution is 7.89. The number of ether oxygens (including phenoxy) is 1. The Morgan fingerprint density at radius 1 is 1.00 bits per heavy atom. The fraction of sp³-hybridized carbons (Fsp3) is 0.417. The lowest BCUT2D eigenvalue weighted by molar-refractivity contribution is -0.123. The molecule has 2 amide bonds. The molecular weight excluding hydrogens is 456 g/mol. The molecule has 1 aliphatic rings. The highest BCUT2D eigenvalue weighted by atomic mass is 32.2. The van der Waals surface area contributed by atoms with Crippen LogP contribution in [-0.4, -0.2) is 68.8 Å². The van der Waals surface area contributed by atoms with Gasteiger partial charge in [0.05, 0.1) is 24.6 Å². The molecule has 184 valence electrons. The fourth-order valence-corrected chi connectivity index (χ4v) is 5.30. The fourth-order valence-electron chi connectivity index (χ4n) is 3.78. The van der Waals surface area contributed by atoms with Crippen molar-refractivity contribution in [2.45, 2.75) is 37.6 Å². The molecule has 34 heavy (non-hydrogen) atoms. The van der Waals surface area contributed by atoms with Crippen molar-refractivity contribution in [3.63, 3.8) is 0 Å². The lowest BCUT2D eigenvalue weighted by atomic mass is 10.2. The monoisotopic (exact) mass is 488 g/mol. The summed E-state index contributed by atoms with van der Waals surface area (Å²) in [4.78, 5) is 27.2. The smallest absolute Gasteiger partial charge is 0.243 e. The number of methoxy groups -OCH3 is 1. The van der Waals surface area contributed by atoms with E-state index in [-0.39, 0.29) is 23.3 Å². The van der Waals surface area contributed by atoms with E-state index in [1.807, 2.05) is 6.92 Å². The maximum absolute atomic E-state index is 12.8. The largest absolute Gasteiger partial charge is 0.497 e. The molecule has 0 bridgehead atoms. The SMILES string of the molecule is CCN(CC(=O)Nc1ccc(OC)cc1)C(C)C(=O)Nc1ccc(S(=O)(=O)N2CCCC2)cc1. The summed E-state index contributed by atoms with van der Waals surface area (Å²) in [6.45, 7) is 5.23. The number of carbonyl (C=O) groups excluding carboxylic acids is 2. The molecule has 3 rings (SSSR count). The quantitative estimate of drug-likeness (QED) is 0.533. The van der Waals surface area contributed by atoms with E-state index >= 15 is 0 Å². The molecule has 2 aromatic rings. The van der Waals surface area contributed by atoms with Crippen molar-refractivity contribution in [3.8, 4) is 5.75 Å². The summed E-state index contributed by atoms with van der Waals surface area (Å²) in [5.74, 6) is 0.178. The van der Waals surface area contributed by atoms with Gasteiger partial charge in [-0.05, 0) is 74.8 Å². The van der Waals surface area contributed by atoms with Crippen LogP contribution in [0.1, 0.15) is 26.7 Å². The number of benzene rings is 2. The molecule has 0 saturated carbocycles. The number of nitrogens with zero attached hydrogens (tertiary/aromatic N) is 2. The first-order valence-corrected chi connectivity index (χ1v) is 12.8. The number of carbonyl (C=O) groups is 2. The van der Waals surface area contributed by atoms with E-state index in [0.29, 0.717) is 36.8 Å². The molecular formula is C24H32N4O5S. The van der Waals surface area contributed by atoms with Crippen LogP contribution in [0.15, 0.2) is 53.4 Å². The second kappa shape index (κ2) is 11.5. The number of amides is 2. The van der Waals surface area contributed by atoms with Crippen LogP contribution in [0.4, 0.5) is 11.4 Å². The summed E-state index contributed by atoms with van der Waals surface area (Å²) in [5, 5.41) is 5.62. The first-order chi connectivity index (χ1) is 16.2. The van der Waals surface area contributed by atoms with Gasteiger partial charge in [0, 0.05) is 24.5 Å². The minimum atomic E-state index is -3.50. The predicted octanol–water partition coefficient (Wildman–Crippen LogP) is 2.77. The molecule has 1 heterocycles. The molecule has 1 aliphatic heterocycles. The molecule has 0 spiro atoms. The van der Waals surface area contributed by atoms with Gasteiger partial charge in [0.1, 0.15) is 5.75 Å². The third kappa shape index (κ3) is 6.34. The number of anilines is 2. The third-order valence-corrected chi connectivity index (χ3v) is 7.79. The van der Waals surface area contributed by atoms with Crippen LogP contribution in [0, 0.1) is 0 Å². The van der Waals surface area contributed by atoms with Gasteiger partial charge in [-0.25, -0.2) is 8.42 Å². The van der Waals surface area contributed by atoms with E-state index in [1.165, 1.54) is 16.4 Å². The molecule has 9 nitrogen and oxygen atoms in total. The van der Waals surface area contributed by atoms with Gasteiger partial charge in [-0.15, -0.1) is 0 Å². The van der Waals surface area contributed by atoms with Crippen molar-refractivity contribution in [1.29, 1.82) is 0 Å². The Morgan fingerprint density at radius 2 is 1.56 bits per heavy atom. The summed E-state index contributed by atoms with van der Waals surface area (Å²) in [6.07, 6.45) is 1.74. The molecule has 0 aromatic heterocycles. The topological polar surface area (TPSA) is 108 Å². The maximum atomic E-state index is 12.8. The number of hydrogen-bond donors (Lipinski definition) is 2. The van der Waals surface area contributed by atoms with Crippen LogP contribution in [0.25, 0.3) is 0 Å². The maximum Gasteiger partial charge on any atom is 0.243 e. The van der Waals surface area contributed by atoms with Crippen LogP contribution < -0.4 is 15.4 Å². The first kappa shape index (κ1) is 25.7.